The second-order valence-corrected chi connectivity index (χ2v) is 14.6. The lowest BCUT2D eigenvalue weighted by molar-refractivity contribution is -0.138. The molecule has 1 saturated carbocycles. The average Bonchev–Trinajstić information content (AvgIpc) is 3.52. The minimum Gasteiger partial charge on any atom is -0.504 e. The summed E-state index contributed by atoms with van der Waals surface area (Å²) in [5.74, 6) is -4.86. The van der Waals surface area contributed by atoms with Gasteiger partial charge in [-0.15, -0.1) is 0 Å². The van der Waals surface area contributed by atoms with E-state index in [1.54, 1.807) is 36.4 Å². The molecule has 4 aliphatic rings. The van der Waals surface area contributed by atoms with Crippen molar-refractivity contribution in [3.8, 4) is 11.5 Å². The Morgan fingerprint density at radius 2 is 1.63 bits per heavy atom. The maximum atomic E-state index is 15.3. The molecule has 0 bridgehead atoms. The third-order valence-electron chi connectivity index (χ3n) is 11.4. The molecule has 4 aromatic rings. The maximum absolute atomic E-state index is 15.3. The van der Waals surface area contributed by atoms with Crippen LogP contribution in [0.25, 0.3) is 0 Å². The largest absolute Gasteiger partial charge is 0.504 e. The van der Waals surface area contributed by atoms with Gasteiger partial charge in [-0.1, -0.05) is 83.4 Å². The van der Waals surface area contributed by atoms with Gasteiger partial charge in [-0.3, -0.25) is 24.6 Å². The Kier molecular flexibility index (Phi) is 8.21. The number of anilines is 2. The number of nitrogens with one attached hydrogen (secondary N) is 1. The highest BCUT2D eigenvalue weighted by Crippen LogP contribution is 2.64. The number of ether oxygens (including phenoxy) is 1. The molecule has 0 spiro atoms. The molecular weight excluding hydrogens is 678 g/mol. The van der Waals surface area contributed by atoms with Crippen molar-refractivity contribution >= 4 is 46.6 Å². The predicted molar refractivity (Wildman–Crippen MR) is 197 cm³/mol. The Morgan fingerprint density at radius 3 is 2.35 bits per heavy atom. The number of phenols is 1. The Hall–Kier alpha value is -5.41. The molecule has 2 heterocycles. The number of aromatic hydroxyl groups is 1. The Labute approximate surface area is 306 Å². The lowest BCUT2D eigenvalue weighted by atomic mass is 9.49. The van der Waals surface area contributed by atoms with E-state index >= 15 is 4.79 Å². The zero-order valence-corrected chi connectivity index (χ0v) is 29.8. The number of nitrogens with zero attached hydrogens (tertiary/aromatic N) is 2. The van der Waals surface area contributed by atoms with Gasteiger partial charge in [-0.05, 0) is 92.6 Å². The first-order chi connectivity index (χ1) is 25.1. The molecule has 4 aromatic carbocycles. The molecule has 2 aliphatic heterocycles. The van der Waals surface area contributed by atoms with E-state index in [0.29, 0.717) is 34.1 Å². The second-order valence-electron chi connectivity index (χ2n) is 14.2. The van der Waals surface area contributed by atoms with Gasteiger partial charge >= 0.3 is 0 Å². The summed E-state index contributed by atoms with van der Waals surface area (Å²) < 4.78 is 5.83. The zero-order chi connectivity index (χ0) is 36.5. The highest BCUT2D eigenvalue weighted by molar-refractivity contribution is 6.32. The summed E-state index contributed by atoms with van der Waals surface area (Å²) in [6.45, 7) is 5.93. The van der Waals surface area contributed by atoms with Crippen molar-refractivity contribution < 1.29 is 29.0 Å². The highest BCUT2D eigenvalue weighted by Gasteiger charge is 2.70. The van der Waals surface area contributed by atoms with Gasteiger partial charge < -0.3 is 9.84 Å². The number of hydrogen-bond acceptors (Lipinski definition) is 7. The number of aryl methyl sites for hydroxylation is 2. The minimum atomic E-state index is -1.43. The topological polar surface area (TPSA) is 116 Å². The van der Waals surface area contributed by atoms with E-state index in [9.17, 15) is 19.5 Å². The summed E-state index contributed by atoms with van der Waals surface area (Å²) in [5, 5.41) is 12.4. The number of allylic oxidation sites excluding steroid dienone is 2. The number of phenolic OH excluding ortho intramolecular Hbond substituents is 1. The lowest BCUT2D eigenvalue weighted by Crippen LogP contribution is -2.53. The van der Waals surface area contributed by atoms with E-state index in [4.69, 9.17) is 16.3 Å². The molecule has 6 unspecified atom stereocenters. The number of carbonyl (C=O) groups excluding carboxylic acids is 4. The number of halogens is 1. The molecular formula is C42H38ClN3O6. The number of rotatable bonds is 7. The summed E-state index contributed by atoms with van der Waals surface area (Å²) in [4.78, 5) is 60.0. The van der Waals surface area contributed by atoms with Crippen LogP contribution in [0.15, 0.2) is 103 Å². The van der Waals surface area contributed by atoms with Crippen LogP contribution in [0.5, 0.6) is 11.5 Å². The van der Waals surface area contributed by atoms with Crippen LogP contribution in [-0.4, -0.2) is 40.4 Å². The van der Waals surface area contributed by atoms with E-state index < -0.39 is 46.8 Å². The first-order valence-corrected chi connectivity index (χ1v) is 18.0. The monoisotopic (exact) mass is 715 g/mol. The maximum Gasteiger partial charge on any atom is 0.260 e. The number of fused-ring (bicyclic) bond motifs is 4. The Balaban J connectivity index is 1.32. The van der Waals surface area contributed by atoms with Crippen molar-refractivity contribution in [1.82, 2.24) is 5.01 Å². The quantitative estimate of drug-likeness (QED) is 0.153. The summed E-state index contributed by atoms with van der Waals surface area (Å²) in [7, 11) is 0. The summed E-state index contributed by atoms with van der Waals surface area (Å²) in [6, 6.07) is 27.0. The summed E-state index contributed by atoms with van der Waals surface area (Å²) >= 11 is 6.46. The number of imide groups is 2. The van der Waals surface area contributed by atoms with Crippen LogP contribution in [0.2, 0.25) is 5.02 Å². The molecule has 4 amide bonds. The van der Waals surface area contributed by atoms with Crippen LogP contribution < -0.4 is 15.1 Å². The minimum absolute atomic E-state index is 0.0542. The molecule has 0 radical (unpaired) electrons. The molecule has 8 rings (SSSR count). The average molecular weight is 716 g/mol. The van der Waals surface area contributed by atoms with Crippen LogP contribution in [-0.2, 0) is 24.6 Å². The smallest absolute Gasteiger partial charge is 0.260 e. The number of amides is 4. The van der Waals surface area contributed by atoms with Gasteiger partial charge in [-0.25, -0.2) is 4.90 Å². The number of benzene rings is 4. The van der Waals surface area contributed by atoms with Crippen molar-refractivity contribution in [2.45, 2.75) is 44.9 Å². The zero-order valence-electron chi connectivity index (χ0n) is 29.0. The van der Waals surface area contributed by atoms with Gasteiger partial charge in [0, 0.05) is 10.9 Å². The number of carbonyl (C=O) groups is 4. The predicted octanol–water partition coefficient (Wildman–Crippen LogP) is 7.25. The van der Waals surface area contributed by atoms with Crippen LogP contribution >= 0.6 is 11.6 Å². The van der Waals surface area contributed by atoms with Crippen molar-refractivity contribution in [3.05, 3.63) is 130 Å². The molecule has 2 saturated heterocycles. The Bertz CT molecular complexity index is 2170. The fourth-order valence-corrected chi connectivity index (χ4v) is 9.25. The molecule has 3 fully saturated rings. The van der Waals surface area contributed by atoms with Gasteiger partial charge in [0.05, 0.1) is 41.2 Å². The first kappa shape index (κ1) is 33.7. The normalized spacial score (nSPS) is 26.5. The van der Waals surface area contributed by atoms with Gasteiger partial charge in [0.25, 0.3) is 11.8 Å². The van der Waals surface area contributed by atoms with Crippen molar-refractivity contribution in [1.29, 1.82) is 0 Å². The molecule has 2 N–H and O–H groups in total. The van der Waals surface area contributed by atoms with E-state index in [0.717, 1.165) is 21.7 Å². The molecule has 2 aliphatic carbocycles. The summed E-state index contributed by atoms with van der Waals surface area (Å²) in [5.41, 5.74) is 6.67. The third-order valence-corrected chi connectivity index (χ3v) is 11.8. The fraction of sp³-hybridized carbons (Fsp3) is 0.286. The second kappa shape index (κ2) is 12.7. The molecule has 264 valence electrons. The van der Waals surface area contributed by atoms with Crippen molar-refractivity contribution in [2.75, 3.05) is 16.9 Å². The van der Waals surface area contributed by atoms with Crippen molar-refractivity contribution in [3.63, 3.8) is 0 Å². The van der Waals surface area contributed by atoms with E-state index in [-0.39, 0.29) is 36.2 Å². The van der Waals surface area contributed by atoms with Crippen LogP contribution in [0.3, 0.4) is 0 Å². The van der Waals surface area contributed by atoms with Gasteiger partial charge in [0.2, 0.25) is 11.8 Å². The van der Waals surface area contributed by atoms with E-state index in [1.807, 2.05) is 81.4 Å². The van der Waals surface area contributed by atoms with E-state index in [2.05, 4.69) is 5.43 Å². The van der Waals surface area contributed by atoms with Crippen LogP contribution in [0, 0.1) is 37.5 Å². The molecule has 9 nitrogen and oxygen atoms in total. The summed E-state index contributed by atoms with van der Waals surface area (Å²) in [6.07, 6.45) is 2.47. The molecule has 10 heteroatoms. The van der Waals surface area contributed by atoms with Crippen LogP contribution in [0.1, 0.15) is 47.9 Å². The van der Waals surface area contributed by atoms with E-state index in [1.165, 1.54) is 4.90 Å². The molecule has 0 aromatic heterocycles. The third kappa shape index (κ3) is 4.97. The molecule has 52 heavy (non-hydrogen) atoms. The number of hydrogen-bond donors (Lipinski definition) is 2. The SMILES string of the molecule is CCOc1cc(C2C3=CCC4C(=O)N(c5ccc(C)c(Cl)c5)C(=O)C4C3CC3C(=O)N(Nc4ccc(C)cc4)C(=O)C32c2ccccc2)ccc1O. The number of hydrazine groups is 1. The van der Waals surface area contributed by atoms with Gasteiger partial charge in [0.1, 0.15) is 0 Å². The van der Waals surface area contributed by atoms with Crippen molar-refractivity contribution in [2.24, 2.45) is 23.7 Å². The Morgan fingerprint density at radius 1 is 0.885 bits per heavy atom. The lowest BCUT2D eigenvalue weighted by Gasteiger charge is -2.50. The molecule has 6 atom stereocenters. The van der Waals surface area contributed by atoms with Gasteiger partial charge in [-0.2, -0.15) is 5.01 Å². The standard InChI is InChI=1S/C42H38ClN3O6/c1-4-52-35-20-25(13-19-34(35)47)37-29-17-18-30-36(40(50)45(38(30)48)28-16-12-24(3)33(43)21-28)31(29)22-32-39(49)46(44-27-14-10-23(2)11-15-27)41(51)42(32,37)26-8-6-5-7-9-26/h5-17,19-21,30-32,36-37,44,47H,4,18,22H2,1-3H3. The first-order valence-electron chi connectivity index (χ1n) is 17.6. The van der Waals surface area contributed by atoms with Gasteiger partial charge in [0.15, 0.2) is 11.5 Å². The van der Waals surface area contributed by atoms with Crippen LogP contribution in [0.4, 0.5) is 11.4 Å². The fourth-order valence-electron chi connectivity index (χ4n) is 9.08. The highest BCUT2D eigenvalue weighted by atomic mass is 35.5.